The van der Waals surface area contributed by atoms with Crippen LogP contribution < -0.4 is 15.1 Å². The number of aliphatic hydroxyl groups excluding tert-OH is 1. The number of amides is 3. The SMILES string of the molecule is C=CCCC(=O)NC[C@H](OC(=O)[C@H]1[C@@H]2O[C@@]3(CC2Br)[C@@H]1C(=O)N(CCO)[C@@H]3C(=O)N(CC=C)c1ccc(N(CC)CC)cc1)c1ccccc1. The van der Waals surface area contributed by atoms with E-state index in [0.717, 1.165) is 18.8 Å². The third-order valence-corrected chi connectivity index (χ3v) is 10.8. The molecule has 1 spiro atoms. The highest BCUT2D eigenvalue weighted by Crippen LogP contribution is 2.60. The number of allylic oxidation sites excluding steroid dienone is 1. The average Bonchev–Trinajstić information content (AvgIpc) is 3.72. The van der Waals surface area contributed by atoms with Gasteiger partial charge in [0.15, 0.2) is 0 Å². The van der Waals surface area contributed by atoms with Crippen LogP contribution in [0.5, 0.6) is 0 Å². The van der Waals surface area contributed by atoms with Crippen molar-refractivity contribution in [2.24, 2.45) is 11.8 Å². The van der Waals surface area contributed by atoms with E-state index in [1.165, 1.54) is 4.90 Å². The highest BCUT2D eigenvalue weighted by Gasteiger charge is 2.77. The molecule has 0 aliphatic carbocycles. The van der Waals surface area contributed by atoms with Crippen molar-refractivity contribution in [1.82, 2.24) is 10.2 Å². The fourth-order valence-corrected chi connectivity index (χ4v) is 8.64. The molecule has 2 aromatic rings. The summed E-state index contributed by atoms with van der Waals surface area (Å²) in [6, 6.07) is 15.6. The summed E-state index contributed by atoms with van der Waals surface area (Å²) >= 11 is 3.70. The van der Waals surface area contributed by atoms with E-state index in [-0.39, 0.29) is 49.3 Å². The van der Waals surface area contributed by atoms with Gasteiger partial charge in [0.05, 0.1) is 31.1 Å². The number of aliphatic hydroxyl groups is 1. The Bertz CT molecular complexity index is 1550. The lowest BCUT2D eigenvalue weighted by Gasteiger charge is -2.37. The maximum atomic E-state index is 14.7. The van der Waals surface area contributed by atoms with Gasteiger partial charge in [-0.1, -0.05) is 58.4 Å². The maximum Gasteiger partial charge on any atom is 0.313 e. The number of nitrogens with one attached hydrogen (secondary N) is 1. The van der Waals surface area contributed by atoms with Crippen molar-refractivity contribution in [3.8, 4) is 0 Å². The van der Waals surface area contributed by atoms with Gasteiger partial charge < -0.3 is 34.6 Å². The zero-order valence-corrected chi connectivity index (χ0v) is 30.3. The van der Waals surface area contributed by atoms with E-state index in [1.54, 1.807) is 29.2 Å². The number of ether oxygens (including phenoxy) is 2. The van der Waals surface area contributed by atoms with E-state index in [1.807, 2.05) is 42.5 Å². The second-order valence-electron chi connectivity index (χ2n) is 12.8. The minimum Gasteiger partial charge on any atom is -0.455 e. The second kappa shape index (κ2) is 16.3. The molecule has 3 aliphatic rings. The number of carbonyl (C=O) groups is 4. The lowest BCUT2D eigenvalue weighted by molar-refractivity contribution is -0.160. The molecule has 3 saturated heterocycles. The molecule has 0 radical (unpaired) electrons. The van der Waals surface area contributed by atoms with Crippen molar-refractivity contribution in [1.29, 1.82) is 0 Å². The monoisotopic (exact) mass is 750 g/mol. The van der Waals surface area contributed by atoms with E-state index in [0.29, 0.717) is 24.1 Å². The van der Waals surface area contributed by atoms with Crippen molar-refractivity contribution in [3.63, 3.8) is 0 Å². The zero-order valence-electron chi connectivity index (χ0n) is 28.7. The van der Waals surface area contributed by atoms with Crippen molar-refractivity contribution in [2.75, 3.05) is 49.1 Å². The first-order valence-corrected chi connectivity index (χ1v) is 18.2. The molecule has 2 aromatic carbocycles. The van der Waals surface area contributed by atoms with Crippen LogP contribution in [0.3, 0.4) is 0 Å². The topological polar surface area (TPSA) is 129 Å². The van der Waals surface area contributed by atoms with E-state index >= 15 is 0 Å². The number of esters is 1. The molecular formula is C38H47BrN4O7. The third kappa shape index (κ3) is 7.11. The molecule has 3 heterocycles. The summed E-state index contributed by atoms with van der Waals surface area (Å²) in [7, 11) is 0. The Labute approximate surface area is 302 Å². The Morgan fingerprint density at radius 2 is 1.78 bits per heavy atom. The van der Waals surface area contributed by atoms with Crippen LogP contribution in [0.15, 0.2) is 79.9 Å². The summed E-state index contributed by atoms with van der Waals surface area (Å²) in [5.41, 5.74) is 0.988. The highest BCUT2D eigenvalue weighted by atomic mass is 79.9. The van der Waals surface area contributed by atoms with Gasteiger partial charge >= 0.3 is 5.97 Å². The number of hydrogen-bond acceptors (Lipinski definition) is 8. The average molecular weight is 752 g/mol. The molecule has 12 heteroatoms. The summed E-state index contributed by atoms with van der Waals surface area (Å²) in [6.45, 7) is 13.1. The fourth-order valence-electron chi connectivity index (χ4n) is 7.70. The number of benzene rings is 2. The van der Waals surface area contributed by atoms with Crippen LogP contribution >= 0.6 is 15.9 Å². The normalized spacial score (nSPS) is 25.5. The summed E-state index contributed by atoms with van der Waals surface area (Å²) in [4.78, 5) is 60.5. The Hall–Kier alpha value is -4.00. The predicted octanol–water partition coefficient (Wildman–Crippen LogP) is 4.16. The number of anilines is 2. The maximum absolute atomic E-state index is 14.7. The third-order valence-electron chi connectivity index (χ3n) is 9.99. The Kier molecular flexibility index (Phi) is 12.2. The molecule has 2 bridgehead atoms. The van der Waals surface area contributed by atoms with Crippen LogP contribution in [0.2, 0.25) is 0 Å². The number of nitrogens with zero attached hydrogens (tertiary/aromatic N) is 3. The lowest BCUT2D eigenvalue weighted by atomic mass is 9.70. The Morgan fingerprint density at radius 3 is 2.40 bits per heavy atom. The van der Waals surface area contributed by atoms with E-state index < -0.39 is 47.6 Å². The molecule has 50 heavy (non-hydrogen) atoms. The van der Waals surface area contributed by atoms with Crippen molar-refractivity contribution in [2.45, 2.75) is 61.8 Å². The lowest BCUT2D eigenvalue weighted by Crippen LogP contribution is -2.57. The highest BCUT2D eigenvalue weighted by molar-refractivity contribution is 9.09. The first kappa shape index (κ1) is 37.3. The van der Waals surface area contributed by atoms with Crippen LogP contribution in [0.25, 0.3) is 0 Å². The minimum atomic E-state index is -1.34. The van der Waals surface area contributed by atoms with Crippen molar-refractivity contribution < 1.29 is 33.8 Å². The van der Waals surface area contributed by atoms with Gasteiger partial charge in [0.25, 0.3) is 5.91 Å². The number of halogens is 1. The van der Waals surface area contributed by atoms with Gasteiger partial charge in [-0.05, 0) is 56.5 Å². The molecule has 11 nitrogen and oxygen atoms in total. The Balaban J connectivity index is 1.45. The first-order chi connectivity index (χ1) is 24.1. The smallest absolute Gasteiger partial charge is 0.313 e. The molecule has 0 saturated carbocycles. The van der Waals surface area contributed by atoms with Gasteiger partial charge in [0, 0.05) is 48.8 Å². The van der Waals surface area contributed by atoms with Crippen LogP contribution in [0, 0.1) is 11.8 Å². The Morgan fingerprint density at radius 1 is 1.10 bits per heavy atom. The summed E-state index contributed by atoms with van der Waals surface area (Å²) in [5.74, 6) is -3.72. The largest absolute Gasteiger partial charge is 0.455 e. The second-order valence-corrected chi connectivity index (χ2v) is 14.0. The quantitative estimate of drug-likeness (QED) is 0.140. The molecule has 3 aliphatic heterocycles. The van der Waals surface area contributed by atoms with Crippen LogP contribution in [-0.4, -0.2) is 95.6 Å². The molecular weight excluding hydrogens is 704 g/mol. The standard InChI is InChI=1S/C38H47BrN4O7/c1-5-9-15-30(45)40-24-29(25-13-11-10-12-14-25)49-37(48)31-32-35(46)43(21-22-44)34(38(32)23-28(39)33(31)50-38)36(47)42(20-6-2)27-18-16-26(17-19-27)41(7-3)8-4/h5-6,10-14,16-19,28-29,31-34,44H,1-2,7-9,15,20-24H2,3-4H3,(H,40,45)/t28?,29-,31+,32-,33+,34+,38-/m0/s1. The number of fused-ring (bicyclic) bond motifs is 1. The van der Waals surface area contributed by atoms with E-state index in [9.17, 15) is 24.3 Å². The number of β-amino-alcohol motifs (C(OH)–C–C–N with tert-alkyl or cyclic N) is 1. The molecule has 7 atom stereocenters. The van der Waals surface area contributed by atoms with Crippen molar-refractivity contribution >= 4 is 51.0 Å². The molecule has 5 rings (SSSR count). The van der Waals surface area contributed by atoms with E-state index in [4.69, 9.17) is 9.47 Å². The van der Waals surface area contributed by atoms with Gasteiger partial charge in [-0.15, -0.1) is 13.2 Å². The van der Waals surface area contributed by atoms with Crippen molar-refractivity contribution in [3.05, 3.63) is 85.5 Å². The number of alkyl halides is 1. The number of carbonyl (C=O) groups excluding carboxylic acids is 4. The molecule has 1 unspecified atom stereocenters. The molecule has 268 valence electrons. The van der Waals surface area contributed by atoms with Crippen LogP contribution in [0.1, 0.15) is 44.8 Å². The molecule has 3 fully saturated rings. The van der Waals surface area contributed by atoms with Gasteiger partial charge in [0.1, 0.15) is 17.7 Å². The summed E-state index contributed by atoms with van der Waals surface area (Å²) < 4.78 is 12.8. The fraction of sp³-hybridized carbons (Fsp3) is 0.474. The zero-order chi connectivity index (χ0) is 36.0. The molecule has 0 aromatic heterocycles. The summed E-state index contributed by atoms with van der Waals surface area (Å²) in [6.07, 6.45) is 2.79. The minimum absolute atomic E-state index is 0.0345. The predicted molar refractivity (Wildman–Crippen MR) is 195 cm³/mol. The van der Waals surface area contributed by atoms with Gasteiger partial charge in [-0.3, -0.25) is 19.2 Å². The van der Waals surface area contributed by atoms with Gasteiger partial charge in [-0.25, -0.2) is 0 Å². The van der Waals surface area contributed by atoms with Crippen LogP contribution in [0.4, 0.5) is 11.4 Å². The van der Waals surface area contributed by atoms with Crippen LogP contribution in [-0.2, 0) is 28.7 Å². The first-order valence-electron chi connectivity index (χ1n) is 17.3. The van der Waals surface area contributed by atoms with Gasteiger partial charge in [-0.2, -0.15) is 0 Å². The molecule has 2 N–H and O–H groups in total. The summed E-state index contributed by atoms with van der Waals surface area (Å²) in [5, 5.41) is 12.9. The van der Waals surface area contributed by atoms with E-state index in [2.05, 4.69) is 53.2 Å². The number of hydrogen-bond donors (Lipinski definition) is 2. The van der Waals surface area contributed by atoms with Gasteiger partial charge in [0.2, 0.25) is 11.8 Å². The number of likely N-dealkylation sites (tertiary alicyclic amines) is 1. The molecule has 3 amide bonds. The number of rotatable bonds is 17.